The van der Waals surface area contributed by atoms with Crippen molar-refractivity contribution in [3.63, 3.8) is 0 Å². The average molecular weight is 284 g/mol. The number of thiocarbonyl (C=S) groups is 1. The van der Waals surface area contributed by atoms with Gasteiger partial charge in [-0.1, -0.05) is 23.8 Å². The molecule has 0 radical (unpaired) electrons. The van der Waals surface area contributed by atoms with Gasteiger partial charge in [0.05, 0.1) is 10.7 Å². The highest BCUT2D eigenvalue weighted by Gasteiger charge is 2.19. The van der Waals surface area contributed by atoms with Crippen LogP contribution in [0, 0.1) is 5.92 Å². The zero-order chi connectivity index (χ0) is 13.1. The minimum atomic E-state index is 0.376. The molecule has 1 saturated heterocycles. The number of nitrogens with two attached hydrogens (primary N) is 1. The molecule has 1 atom stereocenters. The second kappa shape index (κ2) is 5.87. The van der Waals surface area contributed by atoms with E-state index in [4.69, 9.17) is 29.6 Å². The number of likely N-dealkylation sites (tertiary alicyclic amines) is 1. The molecule has 5 heteroatoms. The van der Waals surface area contributed by atoms with Gasteiger partial charge in [-0.3, -0.25) is 0 Å². The first-order valence-electron chi connectivity index (χ1n) is 6.08. The highest BCUT2D eigenvalue weighted by atomic mass is 35.5. The third-order valence-electron chi connectivity index (χ3n) is 3.32. The number of nitrogens with one attached hydrogen (secondary N) is 1. The predicted octanol–water partition coefficient (Wildman–Crippen LogP) is 2.34. The lowest BCUT2D eigenvalue weighted by atomic mass is 10.1. The van der Waals surface area contributed by atoms with Crippen LogP contribution in [0.15, 0.2) is 18.2 Å². The minimum Gasteiger partial charge on any atom is -0.389 e. The SMILES string of the molecule is CN1CCC(CNc2ccc(C(N)=S)cc2Cl)C1. The molecule has 1 unspecified atom stereocenters. The third kappa shape index (κ3) is 3.34. The van der Waals surface area contributed by atoms with E-state index in [1.807, 2.05) is 18.2 Å². The Morgan fingerprint density at radius 2 is 2.39 bits per heavy atom. The molecule has 1 fully saturated rings. The Balaban J connectivity index is 1.95. The second-order valence-corrected chi connectivity index (χ2v) is 5.70. The molecule has 0 aliphatic carbocycles. The van der Waals surface area contributed by atoms with Crippen LogP contribution in [0.4, 0.5) is 5.69 Å². The van der Waals surface area contributed by atoms with Crippen LogP contribution >= 0.6 is 23.8 Å². The smallest absolute Gasteiger partial charge is 0.104 e. The number of anilines is 1. The topological polar surface area (TPSA) is 41.3 Å². The van der Waals surface area contributed by atoms with Crippen molar-refractivity contribution in [2.24, 2.45) is 11.7 Å². The molecule has 1 aromatic rings. The Bertz CT molecular complexity index is 450. The lowest BCUT2D eigenvalue weighted by Gasteiger charge is -2.14. The van der Waals surface area contributed by atoms with Crippen molar-refractivity contribution in [2.75, 3.05) is 32.0 Å². The van der Waals surface area contributed by atoms with Crippen LogP contribution in [0.5, 0.6) is 0 Å². The second-order valence-electron chi connectivity index (χ2n) is 4.86. The van der Waals surface area contributed by atoms with Crippen LogP contribution in [-0.4, -0.2) is 36.6 Å². The Kier molecular flexibility index (Phi) is 4.43. The maximum absolute atomic E-state index is 6.20. The molecule has 0 bridgehead atoms. The predicted molar refractivity (Wildman–Crippen MR) is 81.4 cm³/mol. The van der Waals surface area contributed by atoms with Crippen molar-refractivity contribution < 1.29 is 0 Å². The van der Waals surface area contributed by atoms with E-state index in [0.29, 0.717) is 15.9 Å². The molecule has 2 rings (SSSR count). The Labute approximate surface area is 118 Å². The standard InChI is InChI=1S/C13H18ClN3S/c1-17-5-4-9(8-17)7-16-12-3-2-10(13(15)18)6-11(12)14/h2-3,6,9,16H,4-5,7-8H2,1H3,(H2,15,18). The maximum Gasteiger partial charge on any atom is 0.104 e. The lowest BCUT2D eigenvalue weighted by molar-refractivity contribution is 0.399. The molecule has 1 aromatic carbocycles. The summed E-state index contributed by atoms with van der Waals surface area (Å²) in [6.07, 6.45) is 1.24. The van der Waals surface area contributed by atoms with Crippen molar-refractivity contribution in [3.8, 4) is 0 Å². The van der Waals surface area contributed by atoms with E-state index in [-0.39, 0.29) is 0 Å². The summed E-state index contributed by atoms with van der Waals surface area (Å²) in [5.41, 5.74) is 7.33. The van der Waals surface area contributed by atoms with Crippen molar-refractivity contribution >= 4 is 34.5 Å². The van der Waals surface area contributed by atoms with Gasteiger partial charge in [-0.05, 0) is 44.1 Å². The van der Waals surface area contributed by atoms with Gasteiger partial charge in [0.15, 0.2) is 0 Å². The quantitative estimate of drug-likeness (QED) is 0.833. The van der Waals surface area contributed by atoms with E-state index in [2.05, 4.69) is 17.3 Å². The fourth-order valence-electron chi connectivity index (χ4n) is 2.26. The number of halogens is 1. The Morgan fingerprint density at radius 1 is 1.61 bits per heavy atom. The Hall–Kier alpha value is -0.840. The first-order valence-corrected chi connectivity index (χ1v) is 6.86. The monoisotopic (exact) mass is 283 g/mol. The van der Waals surface area contributed by atoms with E-state index >= 15 is 0 Å². The highest BCUT2D eigenvalue weighted by Crippen LogP contribution is 2.24. The Morgan fingerprint density at radius 3 is 2.94 bits per heavy atom. The van der Waals surface area contributed by atoms with Gasteiger partial charge < -0.3 is 16.0 Å². The molecule has 98 valence electrons. The number of hydrogen-bond donors (Lipinski definition) is 2. The molecule has 1 aliphatic rings. The highest BCUT2D eigenvalue weighted by molar-refractivity contribution is 7.80. The largest absolute Gasteiger partial charge is 0.389 e. The molecule has 0 amide bonds. The first-order chi connectivity index (χ1) is 8.56. The summed E-state index contributed by atoms with van der Waals surface area (Å²) >= 11 is 11.1. The van der Waals surface area contributed by atoms with Gasteiger partial charge in [0.25, 0.3) is 0 Å². The summed E-state index contributed by atoms with van der Waals surface area (Å²) in [7, 11) is 2.16. The fourth-order valence-corrected chi connectivity index (χ4v) is 2.63. The van der Waals surface area contributed by atoms with Crippen molar-refractivity contribution in [2.45, 2.75) is 6.42 Å². The number of nitrogens with zero attached hydrogens (tertiary/aromatic N) is 1. The molecular weight excluding hydrogens is 266 g/mol. The summed E-state index contributed by atoms with van der Waals surface area (Å²) in [5, 5.41) is 4.07. The maximum atomic E-state index is 6.20. The van der Waals surface area contributed by atoms with Crippen LogP contribution < -0.4 is 11.1 Å². The van der Waals surface area contributed by atoms with E-state index in [0.717, 1.165) is 24.3 Å². The fraction of sp³-hybridized carbons (Fsp3) is 0.462. The third-order valence-corrected chi connectivity index (χ3v) is 3.87. The van der Waals surface area contributed by atoms with E-state index in [9.17, 15) is 0 Å². The molecule has 0 saturated carbocycles. The molecule has 0 aromatic heterocycles. The van der Waals surface area contributed by atoms with Crippen molar-refractivity contribution in [1.29, 1.82) is 0 Å². The first kappa shape index (κ1) is 13.6. The van der Waals surface area contributed by atoms with Gasteiger partial charge in [-0.15, -0.1) is 0 Å². The molecule has 1 aliphatic heterocycles. The molecule has 0 spiro atoms. The van der Waals surface area contributed by atoms with Crippen molar-refractivity contribution in [1.82, 2.24) is 4.90 Å². The van der Waals surface area contributed by atoms with E-state index < -0.39 is 0 Å². The average Bonchev–Trinajstić information content (AvgIpc) is 2.73. The zero-order valence-corrected chi connectivity index (χ0v) is 12.0. The van der Waals surface area contributed by atoms with Crippen LogP contribution in [-0.2, 0) is 0 Å². The molecule has 18 heavy (non-hydrogen) atoms. The molecule has 3 nitrogen and oxygen atoms in total. The van der Waals surface area contributed by atoms with Gasteiger partial charge in [0.2, 0.25) is 0 Å². The zero-order valence-electron chi connectivity index (χ0n) is 10.4. The van der Waals surface area contributed by atoms with E-state index in [1.165, 1.54) is 13.0 Å². The number of benzene rings is 1. The number of rotatable bonds is 4. The summed E-state index contributed by atoms with van der Waals surface area (Å²) in [6, 6.07) is 5.65. The summed E-state index contributed by atoms with van der Waals surface area (Å²) in [4.78, 5) is 2.73. The van der Waals surface area contributed by atoms with Crippen LogP contribution in [0.25, 0.3) is 0 Å². The van der Waals surface area contributed by atoms with Crippen LogP contribution in [0.2, 0.25) is 5.02 Å². The summed E-state index contributed by atoms with van der Waals surface area (Å²) in [5.74, 6) is 0.696. The van der Waals surface area contributed by atoms with Gasteiger partial charge in [0.1, 0.15) is 4.99 Å². The van der Waals surface area contributed by atoms with Gasteiger partial charge >= 0.3 is 0 Å². The lowest BCUT2D eigenvalue weighted by Crippen LogP contribution is -2.19. The van der Waals surface area contributed by atoms with Crippen molar-refractivity contribution in [3.05, 3.63) is 28.8 Å². The number of hydrogen-bond acceptors (Lipinski definition) is 3. The van der Waals surface area contributed by atoms with Gasteiger partial charge in [-0.2, -0.15) is 0 Å². The normalized spacial score (nSPS) is 20.0. The van der Waals surface area contributed by atoms with E-state index in [1.54, 1.807) is 0 Å². The van der Waals surface area contributed by atoms with Crippen LogP contribution in [0.1, 0.15) is 12.0 Å². The van der Waals surface area contributed by atoms with Gasteiger partial charge in [-0.25, -0.2) is 0 Å². The minimum absolute atomic E-state index is 0.376. The van der Waals surface area contributed by atoms with Gasteiger partial charge in [0, 0.05) is 18.7 Å². The molecular formula is C13H18ClN3S. The molecule has 1 heterocycles. The molecule has 3 N–H and O–H groups in total. The summed E-state index contributed by atoms with van der Waals surface area (Å²) in [6.45, 7) is 3.28. The van der Waals surface area contributed by atoms with Crippen LogP contribution in [0.3, 0.4) is 0 Å². The summed E-state index contributed by atoms with van der Waals surface area (Å²) < 4.78 is 0.